The van der Waals surface area contributed by atoms with Crippen LogP contribution in [0.3, 0.4) is 0 Å². The zero-order valence-corrected chi connectivity index (χ0v) is 14.0. The Hall–Kier alpha value is -2.27. The Morgan fingerprint density at radius 2 is 2.04 bits per heavy atom. The average molecular weight is 325 g/mol. The van der Waals surface area contributed by atoms with E-state index in [4.69, 9.17) is 0 Å². The van der Waals surface area contributed by atoms with Crippen LogP contribution in [0.1, 0.15) is 18.1 Å². The maximum atomic E-state index is 12.3. The van der Waals surface area contributed by atoms with Gasteiger partial charge in [-0.1, -0.05) is 47.7 Å². The van der Waals surface area contributed by atoms with Crippen LogP contribution in [0.5, 0.6) is 0 Å². The first kappa shape index (κ1) is 15.6. The number of nitrogens with one attached hydrogen (secondary N) is 1. The topological polar surface area (TPSA) is 46.4 Å². The number of nitrogens with zero attached hydrogens (tertiary/aromatic N) is 2. The molecule has 118 valence electrons. The fourth-order valence-electron chi connectivity index (χ4n) is 2.26. The zero-order valence-electron chi connectivity index (χ0n) is 13.2. The van der Waals surface area contributed by atoms with E-state index in [0.717, 1.165) is 16.2 Å². The summed E-state index contributed by atoms with van der Waals surface area (Å²) in [5, 5.41) is 3.61. The van der Waals surface area contributed by atoms with Crippen LogP contribution >= 0.6 is 11.8 Å². The van der Waals surface area contributed by atoms with Crippen LogP contribution in [0.15, 0.2) is 60.0 Å². The molecule has 0 saturated carbocycles. The number of aromatic nitrogens is 2. The van der Waals surface area contributed by atoms with Gasteiger partial charge in [0.05, 0.1) is 17.0 Å². The molecule has 0 aliphatic heterocycles. The van der Waals surface area contributed by atoms with Crippen molar-refractivity contribution in [2.24, 2.45) is 0 Å². The minimum Gasteiger partial charge on any atom is -0.351 e. The van der Waals surface area contributed by atoms with Crippen LogP contribution in [-0.4, -0.2) is 20.5 Å². The Balaban J connectivity index is 1.60. The fourth-order valence-corrected chi connectivity index (χ4v) is 3.16. The van der Waals surface area contributed by atoms with E-state index in [1.165, 1.54) is 17.3 Å². The molecule has 3 aromatic rings. The number of carbonyl (C=O) groups excluding carboxylic acids is 1. The van der Waals surface area contributed by atoms with Gasteiger partial charge in [0.2, 0.25) is 5.91 Å². The third kappa shape index (κ3) is 3.74. The van der Waals surface area contributed by atoms with Gasteiger partial charge in [0.15, 0.2) is 5.16 Å². The first-order valence-corrected chi connectivity index (χ1v) is 8.43. The predicted molar refractivity (Wildman–Crippen MR) is 93.5 cm³/mol. The molecule has 0 unspecified atom stereocenters. The number of imidazole rings is 1. The van der Waals surface area contributed by atoms with Crippen LogP contribution in [-0.2, 0) is 11.3 Å². The number of pyridine rings is 1. The van der Waals surface area contributed by atoms with Crippen molar-refractivity contribution in [3.63, 3.8) is 0 Å². The second-order valence-electron chi connectivity index (χ2n) is 5.50. The van der Waals surface area contributed by atoms with Crippen LogP contribution < -0.4 is 5.32 Å². The third-order valence-electron chi connectivity index (χ3n) is 3.64. The summed E-state index contributed by atoms with van der Waals surface area (Å²) in [4.78, 5) is 16.7. The SMILES string of the molecule is Cc1ccc(CNC(=O)[C@@H](C)Sc2ncc3ccccn23)cc1. The van der Waals surface area contributed by atoms with E-state index in [2.05, 4.69) is 29.4 Å². The zero-order chi connectivity index (χ0) is 16.2. The maximum Gasteiger partial charge on any atom is 0.233 e. The molecule has 0 aliphatic rings. The second kappa shape index (κ2) is 6.87. The Labute approximate surface area is 139 Å². The van der Waals surface area contributed by atoms with Gasteiger partial charge < -0.3 is 5.32 Å². The molecule has 3 rings (SSSR count). The highest BCUT2D eigenvalue weighted by Crippen LogP contribution is 2.23. The highest BCUT2D eigenvalue weighted by atomic mass is 32.2. The first-order chi connectivity index (χ1) is 11.1. The van der Waals surface area contributed by atoms with Crippen molar-refractivity contribution in [2.75, 3.05) is 0 Å². The lowest BCUT2D eigenvalue weighted by atomic mass is 10.1. The molecule has 5 heteroatoms. The van der Waals surface area contributed by atoms with E-state index in [-0.39, 0.29) is 11.2 Å². The number of aryl methyl sites for hydroxylation is 1. The number of rotatable bonds is 5. The molecule has 0 fully saturated rings. The standard InChI is InChI=1S/C18H19N3OS/c1-13-6-8-15(9-7-13)11-19-17(22)14(2)23-18-20-12-16-5-3-4-10-21(16)18/h3-10,12,14H,11H2,1-2H3,(H,19,22)/t14-/m1/s1. The van der Waals surface area contributed by atoms with Crippen LogP contribution in [0.25, 0.3) is 5.52 Å². The van der Waals surface area contributed by atoms with E-state index in [1.807, 2.05) is 54.0 Å². The number of hydrogen-bond donors (Lipinski definition) is 1. The van der Waals surface area contributed by atoms with Gasteiger partial charge in [0, 0.05) is 12.7 Å². The molecule has 1 N–H and O–H groups in total. The summed E-state index contributed by atoms with van der Waals surface area (Å²) >= 11 is 1.47. The van der Waals surface area contributed by atoms with Crippen molar-refractivity contribution in [3.05, 3.63) is 66.0 Å². The number of benzene rings is 1. The lowest BCUT2D eigenvalue weighted by Gasteiger charge is -2.11. The summed E-state index contributed by atoms with van der Waals surface area (Å²) in [6, 6.07) is 14.1. The minimum atomic E-state index is -0.203. The summed E-state index contributed by atoms with van der Waals surface area (Å²) in [5.74, 6) is 0.0169. The lowest BCUT2D eigenvalue weighted by Crippen LogP contribution is -2.30. The molecule has 0 spiro atoms. The van der Waals surface area contributed by atoms with Crippen molar-refractivity contribution in [1.29, 1.82) is 0 Å². The Bertz CT molecular complexity index is 811. The summed E-state index contributed by atoms with van der Waals surface area (Å²) < 4.78 is 1.99. The Morgan fingerprint density at radius 3 is 2.83 bits per heavy atom. The molecular weight excluding hydrogens is 306 g/mol. The molecule has 0 bridgehead atoms. The first-order valence-electron chi connectivity index (χ1n) is 7.55. The van der Waals surface area contributed by atoms with Gasteiger partial charge in [0.1, 0.15) is 0 Å². The molecule has 2 aromatic heterocycles. The molecule has 1 amide bonds. The van der Waals surface area contributed by atoms with Gasteiger partial charge in [-0.3, -0.25) is 9.20 Å². The van der Waals surface area contributed by atoms with Crippen LogP contribution in [0, 0.1) is 6.92 Å². The van der Waals surface area contributed by atoms with E-state index in [0.29, 0.717) is 6.54 Å². The van der Waals surface area contributed by atoms with E-state index in [1.54, 1.807) is 0 Å². The van der Waals surface area contributed by atoms with Gasteiger partial charge in [-0.05, 0) is 31.5 Å². The molecule has 0 saturated heterocycles. The van der Waals surface area contributed by atoms with Gasteiger partial charge in [-0.15, -0.1) is 0 Å². The second-order valence-corrected chi connectivity index (χ2v) is 6.81. The van der Waals surface area contributed by atoms with Gasteiger partial charge in [0.25, 0.3) is 0 Å². The minimum absolute atomic E-state index is 0.0169. The molecule has 1 atom stereocenters. The molecule has 1 aromatic carbocycles. The summed E-state index contributed by atoms with van der Waals surface area (Å²) in [6.07, 6.45) is 3.78. The molecule has 0 aliphatic carbocycles. The molecule has 0 radical (unpaired) electrons. The van der Waals surface area contributed by atoms with Crippen LogP contribution in [0.2, 0.25) is 0 Å². The Kier molecular flexibility index (Phi) is 4.67. The van der Waals surface area contributed by atoms with E-state index in [9.17, 15) is 4.79 Å². The molecule has 2 heterocycles. The lowest BCUT2D eigenvalue weighted by molar-refractivity contribution is -0.120. The summed E-state index contributed by atoms with van der Waals surface area (Å²) in [5.41, 5.74) is 3.35. The monoisotopic (exact) mass is 325 g/mol. The van der Waals surface area contributed by atoms with Crippen molar-refractivity contribution < 1.29 is 4.79 Å². The van der Waals surface area contributed by atoms with Gasteiger partial charge in [-0.2, -0.15) is 0 Å². The number of hydrogen-bond acceptors (Lipinski definition) is 3. The highest BCUT2D eigenvalue weighted by Gasteiger charge is 2.16. The van der Waals surface area contributed by atoms with Crippen molar-refractivity contribution in [1.82, 2.24) is 14.7 Å². The quantitative estimate of drug-likeness (QED) is 0.731. The van der Waals surface area contributed by atoms with Gasteiger partial charge >= 0.3 is 0 Å². The number of thioether (sulfide) groups is 1. The number of fused-ring (bicyclic) bond motifs is 1. The fraction of sp³-hybridized carbons (Fsp3) is 0.222. The third-order valence-corrected chi connectivity index (χ3v) is 4.72. The molecular formula is C18H19N3OS. The average Bonchev–Trinajstić information content (AvgIpc) is 2.97. The normalized spacial score (nSPS) is 12.3. The van der Waals surface area contributed by atoms with E-state index >= 15 is 0 Å². The van der Waals surface area contributed by atoms with Crippen molar-refractivity contribution in [3.8, 4) is 0 Å². The van der Waals surface area contributed by atoms with Crippen molar-refractivity contribution >= 4 is 23.2 Å². The number of carbonyl (C=O) groups is 1. The summed E-state index contributed by atoms with van der Waals surface area (Å²) in [6.45, 7) is 4.50. The van der Waals surface area contributed by atoms with E-state index < -0.39 is 0 Å². The number of amides is 1. The largest absolute Gasteiger partial charge is 0.351 e. The highest BCUT2D eigenvalue weighted by molar-refractivity contribution is 8.00. The van der Waals surface area contributed by atoms with Crippen LogP contribution in [0.4, 0.5) is 0 Å². The smallest absolute Gasteiger partial charge is 0.233 e. The predicted octanol–water partition coefficient (Wildman–Crippen LogP) is 3.44. The van der Waals surface area contributed by atoms with Crippen molar-refractivity contribution in [2.45, 2.75) is 30.8 Å². The molecule has 23 heavy (non-hydrogen) atoms. The maximum absolute atomic E-state index is 12.3. The summed E-state index contributed by atoms with van der Waals surface area (Å²) in [7, 11) is 0. The molecule has 4 nitrogen and oxygen atoms in total. The van der Waals surface area contributed by atoms with Gasteiger partial charge in [-0.25, -0.2) is 4.98 Å². The Morgan fingerprint density at radius 1 is 1.26 bits per heavy atom.